The number of imide groups is 1. The zero-order valence-electron chi connectivity index (χ0n) is 16.9. The average Bonchev–Trinajstić information content (AvgIpc) is 3.01. The summed E-state index contributed by atoms with van der Waals surface area (Å²) in [5.74, 6) is -1.53. The molecule has 1 N–H and O–H groups in total. The van der Waals surface area contributed by atoms with E-state index in [0.29, 0.717) is 11.3 Å². The highest BCUT2D eigenvalue weighted by Crippen LogP contribution is 2.33. The van der Waals surface area contributed by atoms with Crippen LogP contribution in [0.4, 0.5) is 4.79 Å². The number of hydrogen-bond acceptors (Lipinski definition) is 7. The van der Waals surface area contributed by atoms with E-state index in [4.69, 9.17) is 14.6 Å². The summed E-state index contributed by atoms with van der Waals surface area (Å²) in [5, 5.41) is 8.44. The van der Waals surface area contributed by atoms with Crippen molar-refractivity contribution in [1.82, 2.24) is 4.90 Å². The molecule has 2 amide bonds. The van der Waals surface area contributed by atoms with Crippen LogP contribution in [0.15, 0.2) is 47.4 Å². The minimum Gasteiger partial charge on any atom is -0.488 e. The van der Waals surface area contributed by atoms with Gasteiger partial charge in [0, 0.05) is 0 Å². The summed E-state index contributed by atoms with van der Waals surface area (Å²) in [6.45, 7) is 1.68. The summed E-state index contributed by atoms with van der Waals surface area (Å²) in [4.78, 5) is 48.2. The maximum Gasteiger partial charge on any atom is 0.335 e. The van der Waals surface area contributed by atoms with E-state index in [1.165, 1.54) is 12.1 Å². The highest BCUT2D eigenvalue weighted by molar-refractivity contribution is 14.1. The number of benzene rings is 2. The van der Waals surface area contributed by atoms with E-state index >= 15 is 0 Å². The van der Waals surface area contributed by atoms with Gasteiger partial charge in [-0.2, -0.15) is 0 Å². The molecule has 1 aliphatic rings. The average molecular weight is 567 g/mol. The van der Waals surface area contributed by atoms with Gasteiger partial charge < -0.3 is 14.6 Å². The Hall–Kier alpha value is -2.86. The Morgan fingerprint density at radius 2 is 1.88 bits per heavy atom. The van der Waals surface area contributed by atoms with Gasteiger partial charge in [-0.1, -0.05) is 18.2 Å². The van der Waals surface area contributed by atoms with Gasteiger partial charge in [-0.05, 0) is 82.7 Å². The van der Waals surface area contributed by atoms with Crippen molar-refractivity contribution in [3.05, 3.63) is 67.6 Å². The predicted octanol–water partition coefficient (Wildman–Crippen LogP) is 4.17. The van der Waals surface area contributed by atoms with Gasteiger partial charge in [-0.15, -0.1) is 0 Å². The number of nitrogens with zero attached hydrogens (tertiary/aromatic N) is 1. The lowest BCUT2D eigenvalue weighted by atomic mass is 10.1. The number of carboxylic acids is 1. The van der Waals surface area contributed by atoms with Crippen molar-refractivity contribution in [2.24, 2.45) is 0 Å². The molecule has 32 heavy (non-hydrogen) atoms. The Labute approximate surface area is 201 Å². The highest BCUT2D eigenvalue weighted by Gasteiger charge is 2.36. The Balaban J connectivity index is 1.66. The van der Waals surface area contributed by atoms with E-state index < -0.39 is 29.6 Å². The normalized spacial score (nSPS) is 14.7. The first-order valence-electron chi connectivity index (χ1n) is 9.44. The second-order valence-electron chi connectivity index (χ2n) is 6.55. The van der Waals surface area contributed by atoms with Crippen LogP contribution in [0.5, 0.6) is 5.75 Å². The third-order valence-electron chi connectivity index (χ3n) is 4.32. The van der Waals surface area contributed by atoms with Gasteiger partial charge in [0.1, 0.15) is 18.9 Å². The molecule has 2 aromatic carbocycles. The summed E-state index contributed by atoms with van der Waals surface area (Å²) in [6, 6.07) is 11.7. The van der Waals surface area contributed by atoms with Crippen LogP contribution in [-0.2, 0) is 20.9 Å². The summed E-state index contributed by atoms with van der Waals surface area (Å²) in [5.41, 5.74) is 1.73. The summed E-state index contributed by atoms with van der Waals surface area (Å²) >= 11 is 2.88. The van der Waals surface area contributed by atoms with Gasteiger partial charge in [0.15, 0.2) is 0 Å². The number of rotatable bonds is 8. The number of thioether (sulfide) groups is 1. The van der Waals surface area contributed by atoms with Gasteiger partial charge in [0.05, 0.1) is 20.6 Å². The Morgan fingerprint density at radius 1 is 1.16 bits per heavy atom. The van der Waals surface area contributed by atoms with Crippen molar-refractivity contribution in [3.63, 3.8) is 0 Å². The van der Waals surface area contributed by atoms with Gasteiger partial charge in [0.25, 0.3) is 11.1 Å². The van der Waals surface area contributed by atoms with E-state index in [9.17, 15) is 19.2 Å². The maximum absolute atomic E-state index is 12.5. The maximum atomic E-state index is 12.5. The van der Waals surface area contributed by atoms with Crippen LogP contribution in [0.25, 0.3) is 6.08 Å². The Kier molecular flexibility index (Phi) is 7.91. The lowest BCUT2D eigenvalue weighted by Gasteiger charge is -2.11. The molecule has 2 aromatic rings. The smallest absolute Gasteiger partial charge is 0.335 e. The zero-order valence-corrected chi connectivity index (χ0v) is 19.8. The molecule has 0 aromatic heterocycles. The van der Waals surface area contributed by atoms with Gasteiger partial charge in [0.2, 0.25) is 0 Å². The Morgan fingerprint density at radius 3 is 2.50 bits per heavy atom. The predicted molar refractivity (Wildman–Crippen MR) is 126 cm³/mol. The molecule has 166 valence electrons. The summed E-state index contributed by atoms with van der Waals surface area (Å²) < 4.78 is 11.4. The van der Waals surface area contributed by atoms with E-state index in [1.54, 1.807) is 37.3 Å². The van der Waals surface area contributed by atoms with Crippen LogP contribution in [0.2, 0.25) is 0 Å². The SMILES string of the molecule is CCOC(=O)CN1C(=O)S/C(=C/c2ccc(OCc3ccc(C(=O)O)cc3)c(I)c2)C1=O. The fourth-order valence-electron chi connectivity index (χ4n) is 2.75. The monoisotopic (exact) mass is 567 g/mol. The van der Waals surface area contributed by atoms with Crippen molar-refractivity contribution >= 4 is 63.5 Å². The van der Waals surface area contributed by atoms with Crippen molar-refractivity contribution in [3.8, 4) is 5.75 Å². The van der Waals surface area contributed by atoms with Crippen LogP contribution in [-0.4, -0.2) is 46.2 Å². The quantitative estimate of drug-likeness (QED) is 0.288. The molecule has 0 radical (unpaired) electrons. The number of halogens is 1. The van der Waals surface area contributed by atoms with Crippen LogP contribution in [0.3, 0.4) is 0 Å². The fourth-order valence-corrected chi connectivity index (χ4v) is 4.29. The molecule has 0 aliphatic carbocycles. The van der Waals surface area contributed by atoms with E-state index in [0.717, 1.165) is 25.8 Å². The number of carboxylic acid groups (broad SMARTS) is 1. The van der Waals surface area contributed by atoms with Gasteiger partial charge in [-0.25, -0.2) is 4.79 Å². The van der Waals surface area contributed by atoms with Gasteiger partial charge >= 0.3 is 11.9 Å². The number of ether oxygens (including phenoxy) is 2. The zero-order chi connectivity index (χ0) is 23.3. The minimum atomic E-state index is -0.985. The number of esters is 1. The number of carbonyl (C=O) groups excluding carboxylic acids is 3. The molecule has 1 fully saturated rings. The fraction of sp³-hybridized carbons (Fsp3) is 0.182. The third-order valence-corrected chi connectivity index (χ3v) is 6.07. The number of carbonyl (C=O) groups is 4. The number of amides is 2. The number of aromatic carboxylic acids is 1. The van der Waals surface area contributed by atoms with Crippen molar-refractivity contribution in [2.45, 2.75) is 13.5 Å². The topological polar surface area (TPSA) is 110 Å². The number of hydrogen-bond donors (Lipinski definition) is 1. The molecule has 0 spiro atoms. The van der Waals surface area contributed by atoms with Crippen LogP contribution in [0, 0.1) is 3.57 Å². The molecule has 3 rings (SSSR count). The lowest BCUT2D eigenvalue weighted by Crippen LogP contribution is -2.34. The Bertz CT molecular complexity index is 1100. The first kappa shape index (κ1) is 23.8. The molecule has 0 bridgehead atoms. The van der Waals surface area contributed by atoms with Crippen LogP contribution in [0.1, 0.15) is 28.4 Å². The largest absolute Gasteiger partial charge is 0.488 e. The van der Waals surface area contributed by atoms with E-state index in [1.807, 2.05) is 6.07 Å². The summed E-state index contributed by atoms with van der Waals surface area (Å²) in [7, 11) is 0. The van der Waals surface area contributed by atoms with Crippen molar-refractivity contribution in [2.75, 3.05) is 13.2 Å². The van der Waals surface area contributed by atoms with Crippen LogP contribution < -0.4 is 4.74 Å². The molecule has 10 heteroatoms. The first-order chi connectivity index (χ1) is 15.3. The standard InChI is InChI=1S/C22H18INO7S/c1-2-30-19(25)11-24-20(26)18(32-22(24)29)10-14-5-8-17(16(23)9-14)31-12-13-3-6-15(7-4-13)21(27)28/h3-10H,2,11-12H2,1H3,(H,27,28)/b18-10+. The first-order valence-corrected chi connectivity index (χ1v) is 11.3. The molecule has 1 saturated heterocycles. The molecule has 0 saturated carbocycles. The van der Waals surface area contributed by atoms with Crippen molar-refractivity contribution < 1.29 is 33.8 Å². The van der Waals surface area contributed by atoms with E-state index in [-0.39, 0.29) is 23.7 Å². The molecule has 0 atom stereocenters. The molecule has 8 nitrogen and oxygen atoms in total. The second-order valence-corrected chi connectivity index (χ2v) is 8.71. The summed E-state index contributed by atoms with van der Waals surface area (Å²) in [6.07, 6.45) is 1.59. The minimum absolute atomic E-state index is 0.172. The molecular formula is C22H18INO7S. The van der Waals surface area contributed by atoms with Crippen molar-refractivity contribution in [1.29, 1.82) is 0 Å². The third kappa shape index (κ3) is 5.88. The van der Waals surface area contributed by atoms with Gasteiger partial charge in [-0.3, -0.25) is 19.3 Å². The van der Waals surface area contributed by atoms with E-state index in [2.05, 4.69) is 22.6 Å². The molecule has 1 heterocycles. The second kappa shape index (κ2) is 10.6. The highest BCUT2D eigenvalue weighted by atomic mass is 127. The molecular weight excluding hydrogens is 549 g/mol. The van der Waals surface area contributed by atoms with Crippen LogP contribution >= 0.6 is 34.4 Å². The molecule has 1 aliphatic heterocycles. The molecule has 0 unspecified atom stereocenters. The lowest BCUT2D eigenvalue weighted by molar-refractivity contribution is -0.145.